The number of benzene rings is 1. The Kier molecular flexibility index (Phi) is 4.80. The maximum Gasteiger partial charge on any atom is 0.253 e. The van der Waals surface area contributed by atoms with Crippen LogP contribution in [-0.2, 0) is 6.61 Å². The summed E-state index contributed by atoms with van der Waals surface area (Å²) < 4.78 is 11.0. The van der Waals surface area contributed by atoms with Crippen molar-refractivity contribution < 1.29 is 14.3 Å². The van der Waals surface area contributed by atoms with Crippen molar-refractivity contribution in [2.24, 2.45) is 0 Å². The zero-order chi connectivity index (χ0) is 15.4. The van der Waals surface area contributed by atoms with Gasteiger partial charge in [-0.3, -0.25) is 4.79 Å². The highest BCUT2D eigenvalue weighted by molar-refractivity contribution is 7.09. The number of amides is 1. The lowest BCUT2D eigenvalue weighted by Crippen LogP contribution is -2.21. The van der Waals surface area contributed by atoms with Gasteiger partial charge in [-0.05, 0) is 25.1 Å². The Morgan fingerprint density at radius 3 is 2.67 bits per heavy atom. The van der Waals surface area contributed by atoms with Crippen LogP contribution in [-0.4, -0.2) is 37.0 Å². The number of rotatable bonds is 5. The summed E-state index contributed by atoms with van der Waals surface area (Å²) in [6.45, 7) is 2.33. The molecular weight excluding hydrogens is 288 g/mol. The fourth-order valence-electron chi connectivity index (χ4n) is 1.80. The Bertz CT molecular complexity index is 638. The van der Waals surface area contributed by atoms with Gasteiger partial charge in [0.15, 0.2) is 11.5 Å². The molecule has 0 spiro atoms. The van der Waals surface area contributed by atoms with E-state index in [9.17, 15) is 4.79 Å². The van der Waals surface area contributed by atoms with E-state index in [1.807, 2.05) is 12.3 Å². The number of nitrogens with zero attached hydrogens (tertiary/aromatic N) is 2. The molecular formula is C15H18N2O3S. The third-order valence-corrected chi connectivity index (χ3v) is 3.68. The summed E-state index contributed by atoms with van der Waals surface area (Å²) in [4.78, 5) is 17.8. The Labute approximate surface area is 128 Å². The normalized spacial score (nSPS) is 10.3. The zero-order valence-corrected chi connectivity index (χ0v) is 13.4. The number of carbonyl (C=O) groups is 1. The van der Waals surface area contributed by atoms with Crippen molar-refractivity contribution >= 4 is 17.2 Å². The molecule has 0 N–H and O–H groups in total. The van der Waals surface area contributed by atoms with Crippen molar-refractivity contribution in [3.63, 3.8) is 0 Å². The van der Waals surface area contributed by atoms with E-state index in [2.05, 4.69) is 4.98 Å². The van der Waals surface area contributed by atoms with Crippen LogP contribution in [0, 0.1) is 6.92 Å². The van der Waals surface area contributed by atoms with Crippen molar-refractivity contribution in [2.75, 3.05) is 21.2 Å². The number of carbonyl (C=O) groups excluding carboxylic acids is 1. The maximum absolute atomic E-state index is 11.9. The van der Waals surface area contributed by atoms with E-state index in [-0.39, 0.29) is 5.91 Å². The molecule has 2 rings (SSSR count). The quantitative estimate of drug-likeness (QED) is 0.852. The van der Waals surface area contributed by atoms with Gasteiger partial charge >= 0.3 is 0 Å². The second-order valence-electron chi connectivity index (χ2n) is 4.71. The van der Waals surface area contributed by atoms with Crippen LogP contribution in [0.15, 0.2) is 23.6 Å². The SMILES string of the molecule is COc1cc(C(=O)N(C)C)ccc1OCc1csc(C)n1. The molecule has 0 aliphatic rings. The molecule has 0 unspecified atom stereocenters. The molecule has 5 nitrogen and oxygen atoms in total. The predicted octanol–water partition coefficient (Wildman–Crippen LogP) is 2.74. The van der Waals surface area contributed by atoms with Crippen LogP contribution in [0.1, 0.15) is 21.1 Å². The van der Waals surface area contributed by atoms with Crippen LogP contribution in [0.2, 0.25) is 0 Å². The van der Waals surface area contributed by atoms with E-state index in [0.29, 0.717) is 23.7 Å². The van der Waals surface area contributed by atoms with E-state index < -0.39 is 0 Å². The molecule has 1 aromatic carbocycles. The third-order valence-electron chi connectivity index (χ3n) is 2.86. The van der Waals surface area contributed by atoms with E-state index in [4.69, 9.17) is 9.47 Å². The summed E-state index contributed by atoms with van der Waals surface area (Å²) >= 11 is 1.59. The van der Waals surface area contributed by atoms with Crippen LogP contribution in [0.3, 0.4) is 0 Å². The molecule has 0 saturated heterocycles. The van der Waals surface area contributed by atoms with Crippen LogP contribution in [0.5, 0.6) is 11.5 Å². The highest BCUT2D eigenvalue weighted by Crippen LogP contribution is 2.29. The van der Waals surface area contributed by atoms with Gasteiger partial charge in [0.2, 0.25) is 0 Å². The van der Waals surface area contributed by atoms with Crippen molar-refractivity contribution in [1.29, 1.82) is 0 Å². The number of ether oxygens (including phenoxy) is 2. The number of hydrogen-bond acceptors (Lipinski definition) is 5. The number of methoxy groups -OCH3 is 1. The summed E-state index contributed by atoms with van der Waals surface area (Å²) in [6.07, 6.45) is 0. The van der Waals surface area contributed by atoms with Gasteiger partial charge in [-0.2, -0.15) is 0 Å². The average Bonchev–Trinajstić information content (AvgIpc) is 2.89. The molecule has 0 aliphatic heterocycles. The number of hydrogen-bond donors (Lipinski definition) is 0. The zero-order valence-electron chi connectivity index (χ0n) is 12.5. The van der Waals surface area contributed by atoms with Crippen LogP contribution < -0.4 is 9.47 Å². The smallest absolute Gasteiger partial charge is 0.253 e. The highest BCUT2D eigenvalue weighted by Gasteiger charge is 2.13. The minimum absolute atomic E-state index is 0.0741. The minimum Gasteiger partial charge on any atom is -0.493 e. The molecule has 1 amide bonds. The van der Waals surface area contributed by atoms with Gasteiger partial charge in [-0.1, -0.05) is 0 Å². The summed E-state index contributed by atoms with van der Waals surface area (Å²) in [6, 6.07) is 5.16. The molecule has 112 valence electrons. The molecule has 21 heavy (non-hydrogen) atoms. The molecule has 0 saturated carbocycles. The van der Waals surface area contributed by atoms with Gasteiger partial charge in [0.25, 0.3) is 5.91 Å². The summed E-state index contributed by atoms with van der Waals surface area (Å²) in [5.41, 5.74) is 1.45. The number of aryl methyl sites for hydroxylation is 1. The summed E-state index contributed by atoms with van der Waals surface area (Å²) in [5, 5.41) is 2.97. The maximum atomic E-state index is 11.9. The first-order valence-corrected chi connectivity index (χ1v) is 7.32. The molecule has 0 fully saturated rings. The first kappa shape index (κ1) is 15.3. The predicted molar refractivity (Wildman–Crippen MR) is 82.2 cm³/mol. The minimum atomic E-state index is -0.0741. The fraction of sp³-hybridized carbons (Fsp3) is 0.333. The molecule has 0 bridgehead atoms. The van der Waals surface area contributed by atoms with Crippen LogP contribution in [0.4, 0.5) is 0 Å². The molecule has 0 atom stereocenters. The molecule has 0 aliphatic carbocycles. The molecule has 2 aromatic rings. The molecule has 0 radical (unpaired) electrons. The Hall–Kier alpha value is -2.08. The molecule has 1 aromatic heterocycles. The third kappa shape index (κ3) is 3.72. The first-order chi connectivity index (χ1) is 10.0. The standard InChI is InChI=1S/C15H18N2O3S/c1-10-16-12(9-21-10)8-20-13-6-5-11(7-14(13)19-4)15(18)17(2)3/h5-7,9H,8H2,1-4H3. The van der Waals surface area contributed by atoms with Crippen molar-refractivity contribution in [3.8, 4) is 11.5 Å². The Balaban J connectivity index is 2.14. The van der Waals surface area contributed by atoms with Gasteiger partial charge < -0.3 is 14.4 Å². The monoisotopic (exact) mass is 306 g/mol. The second kappa shape index (κ2) is 6.58. The molecule has 6 heteroatoms. The van der Waals surface area contributed by atoms with Gasteiger partial charge in [-0.15, -0.1) is 11.3 Å². The van der Waals surface area contributed by atoms with Gasteiger partial charge in [-0.25, -0.2) is 4.98 Å². The average molecular weight is 306 g/mol. The Morgan fingerprint density at radius 1 is 1.33 bits per heavy atom. The first-order valence-electron chi connectivity index (χ1n) is 6.44. The summed E-state index contributed by atoms with van der Waals surface area (Å²) in [7, 11) is 4.98. The van der Waals surface area contributed by atoms with Gasteiger partial charge in [0.05, 0.1) is 17.8 Å². The van der Waals surface area contributed by atoms with Crippen LogP contribution >= 0.6 is 11.3 Å². The number of thiazole rings is 1. The topological polar surface area (TPSA) is 51.7 Å². The Morgan fingerprint density at radius 2 is 2.10 bits per heavy atom. The van der Waals surface area contributed by atoms with Crippen molar-refractivity contribution in [1.82, 2.24) is 9.88 Å². The van der Waals surface area contributed by atoms with E-state index >= 15 is 0 Å². The van der Waals surface area contributed by atoms with E-state index in [1.54, 1.807) is 50.7 Å². The fourth-order valence-corrected chi connectivity index (χ4v) is 2.40. The lowest BCUT2D eigenvalue weighted by atomic mass is 10.2. The highest BCUT2D eigenvalue weighted by atomic mass is 32.1. The lowest BCUT2D eigenvalue weighted by Gasteiger charge is -2.14. The molecule has 1 heterocycles. The van der Waals surface area contributed by atoms with Gasteiger partial charge in [0, 0.05) is 25.0 Å². The van der Waals surface area contributed by atoms with Crippen LogP contribution in [0.25, 0.3) is 0 Å². The van der Waals surface area contributed by atoms with Crippen molar-refractivity contribution in [3.05, 3.63) is 39.8 Å². The van der Waals surface area contributed by atoms with Gasteiger partial charge in [0.1, 0.15) is 6.61 Å². The van der Waals surface area contributed by atoms with E-state index in [0.717, 1.165) is 10.7 Å². The van der Waals surface area contributed by atoms with E-state index in [1.165, 1.54) is 4.90 Å². The number of aromatic nitrogens is 1. The van der Waals surface area contributed by atoms with Crippen molar-refractivity contribution in [2.45, 2.75) is 13.5 Å². The largest absolute Gasteiger partial charge is 0.493 e. The second-order valence-corrected chi connectivity index (χ2v) is 5.77. The lowest BCUT2D eigenvalue weighted by molar-refractivity contribution is 0.0827. The summed E-state index contributed by atoms with van der Waals surface area (Å²) in [5.74, 6) is 1.06.